The highest BCUT2D eigenvalue weighted by molar-refractivity contribution is 7.85. The third-order valence-corrected chi connectivity index (χ3v) is 9.77. The largest absolute Gasteiger partial charge is 0.463 e. The van der Waals surface area contributed by atoms with Crippen LogP contribution in [0.1, 0.15) is 10.4 Å². The number of piperazine rings is 1. The van der Waals surface area contributed by atoms with Gasteiger partial charge in [-0.2, -0.15) is 14.6 Å². The Kier molecular flexibility index (Phi) is 7.20. The smallest absolute Gasteiger partial charge is 0.330 e. The minimum Gasteiger partial charge on any atom is -0.463 e. The number of fused-ring (bicyclic) bond motifs is 3. The quantitative estimate of drug-likeness (QED) is 0.298. The van der Waals surface area contributed by atoms with E-state index in [0.29, 0.717) is 103 Å². The number of carbonyl (C=O) groups is 1. The van der Waals surface area contributed by atoms with Gasteiger partial charge in [0.1, 0.15) is 17.0 Å². The van der Waals surface area contributed by atoms with Gasteiger partial charge in [-0.05, 0) is 36.4 Å². The van der Waals surface area contributed by atoms with Crippen molar-refractivity contribution in [2.24, 2.45) is 7.05 Å². The number of carbonyl (C=O) groups excluding carboxylic acids is 1. The highest BCUT2D eigenvalue weighted by Gasteiger charge is 2.25. The number of anilines is 2. The number of hydrogen-bond donors (Lipinski definition) is 1. The molecule has 0 spiro atoms. The zero-order chi connectivity index (χ0) is 30.5. The van der Waals surface area contributed by atoms with Crippen LogP contribution in [0.15, 0.2) is 51.9 Å². The molecule has 2 aliphatic heterocycles. The number of aryl methyl sites for hydroxylation is 1. The zero-order valence-electron chi connectivity index (χ0n) is 24.2. The van der Waals surface area contributed by atoms with E-state index in [2.05, 4.69) is 15.0 Å². The van der Waals surface area contributed by atoms with E-state index in [4.69, 9.17) is 10.2 Å². The Morgan fingerprint density at radius 1 is 1.07 bits per heavy atom. The van der Waals surface area contributed by atoms with E-state index in [1.165, 1.54) is 10.6 Å². The lowest BCUT2D eigenvalue weighted by Gasteiger charge is -2.36. The summed E-state index contributed by atoms with van der Waals surface area (Å²) in [7, 11) is 0.819. The lowest BCUT2D eigenvalue weighted by Crippen LogP contribution is -2.48. The van der Waals surface area contributed by atoms with E-state index in [0.717, 1.165) is 0 Å². The summed E-state index contributed by atoms with van der Waals surface area (Å²) in [6.07, 6.45) is 1.57. The molecule has 6 heterocycles. The molecule has 230 valence electrons. The van der Waals surface area contributed by atoms with Crippen LogP contribution >= 0.6 is 0 Å². The van der Waals surface area contributed by atoms with Gasteiger partial charge in [-0.1, -0.05) is 0 Å². The van der Waals surface area contributed by atoms with Gasteiger partial charge in [0.25, 0.3) is 5.91 Å². The first-order valence-corrected chi connectivity index (χ1v) is 16.0. The van der Waals surface area contributed by atoms with Gasteiger partial charge < -0.3 is 20.0 Å². The Bertz CT molecular complexity index is 1950. The molecule has 2 aliphatic rings. The van der Waals surface area contributed by atoms with Crippen molar-refractivity contribution in [1.82, 2.24) is 33.5 Å². The summed E-state index contributed by atoms with van der Waals surface area (Å²) in [5.41, 5.74) is 9.20. The minimum absolute atomic E-state index is 0.167. The van der Waals surface area contributed by atoms with Crippen molar-refractivity contribution in [3.8, 4) is 11.5 Å². The molecule has 7 rings (SSSR count). The van der Waals surface area contributed by atoms with Gasteiger partial charge in [-0.15, -0.1) is 0 Å². The van der Waals surface area contributed by atoms with Crippen LogP contribution in [0.2, 0.25) is 0 Å². The molecule has 0 saturated carbocycles. The molecule has 13 nitrogen and oxygen atoms in total. The zero-order valence-corrected chi connectivity index (χ0v) is 25.0. The molecule has 2 N–H and O–H groups in total. The molecule has 2 fully saturated rings. The Morgan fingerprint density at radius 3 is 2.55 bits per heavy atom. The average molecular weight is 622 g/mol. The number of imidazole rings is 1. The predicted octanol–water partition coefficient (Wildman–Crippen LogP) is 1.39. The Morgan fingerprint density at radius 2 is 1.84 bits per heavy atom. The van der Waals surface area contributed by atoms with Gasteiger partial charge >= 0.3 is 5.69 Å². The number of rotatable bonds is 6. The van der Waals surface area contributed by atoms with Crippen molar-refractivity contribution in [3.05, 3.63) is 64.5 Å². The monoisotopic (exact) mass is 621 g/mol. The summed E-state index contributed by atoms with van der Waals surface area (Å²) in [6, 6.07) is 10.1. The molecule has 1 aromatic carbocycles. The Labute approximate surface area is 253 Å². The van der Waals surface area contributed by atoms with E-state index in [1.807, 2.05) is 11.0 Å². The van der Waals surface area contributed by atoms with Crippen molar-refractivity contribution < 1.29 is 17.8 Å². The maximum absolute atomic E-state index is 15.2. The number of amides is 1. The number of nitrogen functional groups attached to an aromatic ring is 1. The molecular weight excluding hydrogens is 589 g/mol. The molecule has 0 atom stereocenters. The average Bonchev–Trinajstić information content (AvgIpc) is 3.77. The van der Waals surface area contributed by atoms with E-state index >= 15 is 4.39 Å². The molecule has 0 bridgehead atoms. The van der Waals surface area contributed by atoms with Gasteiger partial charge in [0.2, 0.25) is 5.95 Å². The molecule has 5 aromatic rings. The number of halogens is 1. The first-order valence-electron chi connectivity index (χ1n) is 14.5. The highest BCUT2D eigenvalue weighted by Crippen LogP contribution is 2.27. The van der Waals surface area contributed by atoms with Crippen LogP contribution in [0, 0.1) is 5.82 Å². The lowest BCUT2D eigenvalue weighted by molar-refractivity contribution is 0.0770. The number of benzene rings is 1. The molecule has 0 aliphatic carbocycles. The number of hydrogen-bond acceptors (Lipinski definition) is 9. The maximum Gasteiger partial charge on any atom is 0.330 e. The van der Waals surface area contributed by atoms with Crippen molar-refractivity contribution in [2.75, 3.05) is 68.0 Å². The molecule has 2 saturated heterocycles. The molecule has 0 radical (unpaired) electrons. The first kappa shape index (κ1) is 28.3. The van der Waals surface area contributed by atoms with Crippen LogP contribution in [0.25, 0.3) is 28.1 Å². The maximum atomic E-state index is 15.2. The lowest BCUT2D eigenvalue weighted by atomic mass is 10.1. The third kappa shape index (κ3) is 4.95. The van der Waals surface area contributed by atoms with Gasteiger partial charge in [-0.25, -0.2) is 9.18 Å². The number of aromatic nitrogens is 5. The molecule has 15 heteroatoms. The summed E-state index contributed by atoms with van der Waals surface area (Å²) >= 11 is 0. The Hall–Kier alpha value is -4.50. The van der Waals surface area contributed by atoms with Crippen molar-refractivity contribution >= 4 is 45.0 Å². The number of nitrogens with zero attached hydrogens (tertiary/aromatic N) is 8. The fraction of sp³-hybridized carbons (Fsp3) is 0.379. The van der Waals surface area contributed by atoms with Gasteiger partial charge in [0.15, 0.2) is 11.4 Å². The molecular formula is C29H32FN9O4S. The standard InChI is InChI=1S/C29H32FN9O4S/c1-34-25-23-18-21(24-3-2-14-43-24)33-39(23)28(31)32-26(25)38(29(34)41)11-8-35-6-9-36(10-7-35)22-5-4-19(17-20(22)30)27(40)37-12-15-44(42)16-13-37/h2-5,14,17-18H,6-13,15-16H2,1H3,(H2,31,32). The summed E-state index contributed by atoms with van der Waals surface area (Å²) in [4.78, 5) is 36.5. The van der Waals surface area contributed by atoms with Gasteiger partial charge in [0, 0.05) is 87.3 Å². The summed E-state index contributed by atoms with van der Waals surface area (Å²) < 4.78 is 37.0. The van der Waals surface area contributed by atoms with Gasteiger partial charge in [-0.3, -0.25) is 23.0 Å². The fourth-order valence-corrected chi connectivity index (χ4v) is 7.10. The number of nitrogens with two attached hydrogens (primary N) is 1. The topological polar surface area (TPSA) is 140 Å². The second-order valence-electron chi connectivity index (χ2n) is 11.1. The SMILES string of the molecule is Cn1c(=O)n(CCN2CCN(c3ccc(C(=O)N4CCS(=O)CC4)cc3F)CC2)c2nc(N)n3nc(-c4ccco4)cc3c21. The number of furan rings is 1. The second kappa shape index (κ2) is 11.2. The first-order chi connectivity index (χ1) is 21.3. The summed E-state index contributed by atoms with van der Waals surface area (Å²) in [5, 5.41) is 4.52. The van der Waals surface area contributed by atoms with Gasteiger partial charge in [0.05, 0.1) is 17.5 Å². The van der Waals surface area contributed by atoms with Crippen LogP contribution in [-0.4, -0.2) is 101 Å². The molecule has 44 heavy (non-hydrogen) atoms. The second-order valence-corrected chi connectivity index (χ2v) is 12.8. The van der Waals surface area contributed by atoms with Crippen molar-refractivity contribution in [2.45, 2.75) is 6.54 Å². The normalized spacial score (nSPS) is 16.9. The molecule has 1 amide bonds. The van der Waals surface area contributed by atoms with E-state index < -0.39 is 16.6 Å². The van der Waals surface area contributed by atoms with E-state index in [9.17, 15) is 13.8 Å². The highest BCUT2D eigenvalue weighted by atomic mass is 32.2. The third-order valence-electron chi connectivity index (χ3n) is 8.50. The fourth-order valence-electron chi connectivity index (χ4n) is 6.05. The van der Waals surface area contributed by atoms with Crippen molar-refractivity contribution in [1.29, 1.82) is 0 Å². The summed E-state index contributed by atoms with van der Waals surface area (Å²) in [5.74, 6) is 1.00. The van der Waals surface area contributed by atoms with Crippen LogP contribution in [-0.2, 0) is 24.4 Å². The van der Waals surface area contributed by atoms with Crippen LogP contribution < -0.4 is 16.3 Å². The minimum atomic E-state index is -0.889. The van der Waals surface area contributed by atoms with Crippen LogP contribution in [0.4, 0.5) is 16.0 Å². The van der Waals surface area contributed by atoms with Crippen LogP contribution in [0.5, 0.6) is 0 Å². The Balaban J connectivity index is 1.03. The van der Waals surface area contributed by atoms with E-state index in [1.54, 1.807) is 51.6 Å². The molecule has 0 unspecified atom stereocenters. The van der Waals surface area contributed by atoms with Crippen molar-refractivity contribution in [3.63, 3.8) is 0 Å². The van der Waals surface area contributed by atoms with Crippen LogP contribution in [0.3, 0.4) is 0 Å². The molecule has 4 aromatic heterocycles. The predicted molar refractivity (Wildman–Crippen MR) is 165 cm³/mol. The summed E-state index contributed by atoms with van der Waals surface area (Å²) in [6.45, 7) is 4.42. The van der Waals surface area contributed by atoms with E-state index in [-0.39, 0.29) is 17.5 Å².